The molecule has 0 radical (unpaired) electrons. The van der Waals surface area contributed by atoms with Gasteiger partial charge in [0.15, 0.2) is 5.58 Å². The van der Waals surface area contributed by atoms with Crippen molar-refractivity contribution in [1.29, 1.82) is 0 Å². The lowest BCUT2D eigenvalue weighted by molar-refractivity contribution is 0.0697. The van der Waals surface area contributed by atoms with Crippen LogP contribution in [0.1, 0.15) is 46.8 Å². The molecule has 6 nitrogen and oxygen atoms in total. The fourth-order valence-electron chi connectivity index (χ4n) is 5.78. The Hall–Kier alpha value is -4.23. The summed E-state index contributed by atoms with van der Waals surface area (Å²) in [4.78, 5) is 18.1. The molecular formula is C32H30FN3O3. The third-order valence-electron chi connectivity index (χ3n) is 7.90. The van der Waals surface area contributed by atoms with Crippen LogP contribution in [0.15, 0.2) is 89.3 Å². The molecular weight excluding hydrogens is 493 g/mol. The second-order valence-corrected chi connectivity index (χ2v) is 10.3. The Morgan fingerprint density at radius 1 is 1.10 bits per heavy atom. The van der Waals surface area contributed by atoms with Crippen molar-refractivity contribution in [3.63, 3.8) is 0 Å². The number of piperidine rings is 1. The molecule has 3 atom stereocenters. The Morgan fingerprint density at radius 3 is 2.77 bits per heavy atom. The number of rotatable bonds is 7. The van der Waals surface area contributed by atoms with E-state index in [4.69, 9.17) is 4.42 Å². The molecule has 1 aliphatic heterocycles. The van der Waals surface area contributed by atoms with Gasteiger partial charge in [-0.2, -0.15) is 4.98 Å². The van der Waals surface area contributed by atoms with Gasteiger partial charge in [0.1, 0.15) is 11.3 Å². The van der Waals surface area contributed by atoms with Crippen molar-refractivity contribution in [2.45, 2.75) is 25.3 Å². The van der Waals surface area contributed by atoms with Gasteiger partial charge < -0.3 is 19.7 Å². The standard InChI is InChI=1S/C32H30FN3O3/c1-20(26-11-5-7-21-6-2-3-10-27(21)26)34-18-24-14-15-36(19-28(24)22-8-4-9-25(33)16-22)32-35-29-13-12-23(31(37)38)17-30(29)39-32/h2-13,16-17,20,24,28,34H,14-15,18-19H2,1H3,(H,37,38)/t20-,24?,28?/m1/s1. The van der Waals surface area contributed by atoms with Gasteiger partial charge in [0.25, 0.3) is 6.01 Å². The van der Waals surface area contributed by atoms with Crippen LogP contribution >= 0.6 is 0 Å². The van der Waals surface area contributed by atoms with Crippen molar-refractivity contribution in [3.8, 4) is 0 Å². The summed E-state index contributed by atoms with van der Waals surface area (Å²) in [6.07, 6.45) is 0.871. The highest BCUT2D eigenvalue weighted by atomic mass is 19.1. The Morgan fingerprint density at radius 2 is 1.92 bits per heavy atom. The van der Waals surface area contributed by atoms with Gasteiger partial charge in [-0.3, -0.25) is 0 Å². The maximum atomic E-state index is 14.3. The number of nitrogens with zero attached hydrogens (tertiary/aromatic N) is 2. The van der Waals surface area contributed by atoms with Gasteiger partial charge in [-0.1, -0.05) is 54.6 Å². The average Bonchev–Trinajstić information content (AvgIpc) is 3.39. The minimum atomic E-state index is -1.01. The van der Waals surface area contributed by atoms with Gasteiger partial charge in [-0.05, 0) is 78.0 Å². The Labute approximate surface area is 226 Å². The number of fused-ring (bicyclic) bond motifs is 2. The first kappa shape index (κ1) is 25.1. The number of halogens is 1. The number of hydrogen-bond acceptors (Lipinski definition) is 5. The van der Waals surface area contributed by atoms with Crippen LogP contribution < -0.4 is 10.2 Å². The first-order chi connectivity index (χ1) is 19.0. The topological polar surface area (TPSA) is 78.6 Å². The van der Waals surface area contributed by atoms with Crippen LogP contribution in [-0.4, -0.2) is 35.7 Å². The average molecular weight is 524 g/mol. The van der Waals surface area contributed by atoms with Crippen molar-refractivity contribution < 1.29 is 18.7 Å². The smallest absolute Gasteiger partial charge is 0.335 e. The lowest BCUT2D eigenvalue weighted by atomic mass is 9.80. The van der Waals surface area contributed by atoms with E-state index in [9.17, 15) is 14.3 Å². The number of oxazole rings is 1. The highest BCUT2D eigenvalue weighted by Crippen LogP contribution is 2.36. The first-order valence-electron chi connectivity index (χ1n) is 13.3. The normalized spacial score (nSPS) is 18.5. The van der Waals surface area contributed by atoms with Crippen molar-refractivity contribution in [3.05, 3.63) is 107 Å². The van der Waals surface area contributed by atoms with Gasteiger partial charge in [0, 0.05) is 25.0 Å². The minimum absolute atomic E-state index is 0.0614. The number of carboxylic acids is 1. The molecule has 0 aliphatic carbocycles. The van der Waals surface area contributed by atoms with Crippen molar-refractivity contribution >= 4 is 33.9 Å². The van der Waals surface area contributed by atoms with E-state index in [2.05, 4.69) is 64.6 Å². The number of anilines is 1. The molecule has 0 bridgehead atoms. The molecule has 1 aromatic heterocycles. The summed E-state index contributed by atoms with van der Waals surface area (Å²) in [5, 5.41) is 15.6. The number of nitrogens with one attached hydrogen (secondary N) is 1. The summed E-state index contributed by atoms with van der Waals surface area (Å²) < 4.78 is 20.3. The van der Waals surface area contributed by atoms with Gasteiger partial charge in [-0.25, -0.2) is 9.18 Å². The lowest BCUT2D eigenvalue weighted by Crippen LogP contribution is -2.43. The number of hydrogen-bond donors (Lipinski definition) is 2. The van der Waals surface area contributed by atoms with Crippen LogP contribution in [0.25, 0.3) is 21.9 Å². The molecule has 1 fully saturated rings. The molecule has 5 aromatic rings. The highest BCUT2D eigenvalue weighted by molar-refractivity contribution is 5.92. The summed E-state index contributed by atoms with van der Waals surface area (Å²) in [6.45, 7) is 4.34. The maximum Gasteiger partial charge on any atom is 0.335 e. The molecule has 39 heavy (non-hydrogen) atoms. The van der Waals surface area contributed by atoms with Crippen LogP contribution in [0.2, 0.25) is 0 Å². The third-order valence-corrected chi connectivity index (χ3v) is 7.90. The number of aromatic nitrogens is 1. The van der Waals surface area contributed by atoms with E-state index in [1.165, 1.54) is 34.5 Å². The summed E-state index contributed by atoms with van der Waals surface area (Å²) in [6, 6.07) is 27.0. The van der Waals surface area contributed by atoms with Gasteiger partial charge in [0.2, 0.25) is 0 Å². The lowest BCUT2D eigenvalue weighted by Gasteiger charge is -2.39. The van der Waals surface area contributed by atoms with E-state index in [0.29, 0.717) is 23.7 Å². The van der Waals surface area contributed by atoms with E-state index in [-0.39, 0.29) is 29.3 Å². The predicted octanol–water partition coefficient (Wildman–Crippen LogP) is 6.78. The zero-order valence-electron chi connectivity index (χ0n) is 21.7. The number of carbonyl (C=O) groups is 1. The molecule has 0 amide bonds. The molecule has 2 heterocycles. The van der Waals surface area contributed by atoms with Gasteiger partial charge in [0.05, 0.1) is 5.56 Å². The summed E-state index contributed by atoms with van der Waals surface area (Å²) in [7, 11) is 0. The van der Waals surface area contributed by atoms with Crippen molar-refractivity contribution in [1.82, 2.24) is 10.3 Å². The summed E-state index contributed by atoms with van der Waals surface area (Å²) in [5.41, 5.74) is 3.44. The maximum absolute atomic E-state index is 14.3. The molecule has 7 heteroatoms. The zero-order chi connectivity index (χ0) is 26.9. The molecule has 2 unspecified atom stereocenters. The molecule has 4 aromatic carbocycles. The second kappa shape index (κ2) is 10.5. The summed E-state index contributed by atoms with van der Waals surface area (Å²) in [5.74, 6) is -0.912. The Balaban J connectivity index is 1.24. The molecule has 198 valence electrons. The highest BCUT2D eigenvalue weighted by Gasteiger charge is 2.33. The Kier molecular flexibility index (Phi) is 6.75. The van der Waals surface area contributed by atoms with Gasteiger partial charge in [-0.15, -0.1) is 0 Å². The molecule has 1 aliphatic rings. The molecule has 0 spiro atoms. The first-order valence-corrected chi connectivity index (χ1v) is 13.3. The number of aromatic carboxylic acids is 1. The van der Waals surface area contributed by atoms with E-state index >= 15 is 0 Å². The SMILES string of the molecule is C[C@@H](NCC1CCN(c2nc3ccc(C(=O)O)cc3o2)CC1c1cccc(F)c1)c1cccc2ccccc12. The van der Waals surface area contributed by atoms with E-state index in [1.807, 2.05) is 6.07 Å². The minimum Gasteiger partial charge on any atom is -0.478 e. The van der Waals surface area contributed by atoms with E-state index in [1.54, 1.807) is 18.2 Å². The quantitative estimate of drug-likeness (QED) is 0.245. The zero-order valence-corrected chi connectivity index (χ0v) is 21.7. The Bertz CT molecular complexity index is 1640. The fraction of sp³-hybridized carbons (Fsp3) is 0.250. The van der Waals surface area contributed by atoms with Crippen LogP contribution in [0.3, 0.4) is 0 Å². The fourth-order valence-corrected chi connectivity index (χ4v) is 5.78. The van der Waals surface area contributed by atoms with Crippen molar-refractivity contribution in [2.75, 3.05) is 24.5 Å². The monoisotopic (exact) mass is 523 g/mol. The molecule has 2 N–H and O–H groups in total. The number of benzene rings is 4. The molecule has 6 rings (SSSR count). The van der Waals surface area contributed by atoms with E-state index < -0.39 is 5.97 Å². The van der Waals surface area contributed by atoms with Crippen LogP contribution in [0.5, 0.6) is 0 Å². The predicted molar refractivity (Wildman–Crippen MR) is 151 cm³/mol. The van der Waals surface area contributed by atoms with Crippen molar-refractivity contribution in [2.24, 2.45) is 5.92 Å². The molecule has 0 saturated carbocycles. The largest absolute Gasteiger partial charge is 0.478 e. The molecule has 1 saturated heterocycles. The van der Waals surface area contributed by atoms with Gasteiger partial charge >= 0.3 is 5.97 Å². The second-order valence-electron chi connectivity index (χ2n) is 10.3. The third kappa shape index (κ3) is 5.10. The number of carboxylic acid groups (broad SMARTS) is 1. The van der Waals surface area contributed by atoms with Crippen LogP contribution in [-0.2, 0) is 0 Å². The van der Waals surface area contributed by atoms with Crippen LogP contribution in [0.4, 0.5) is 10.4 Å². The van der Waals surface area contributed by atoms with E-state index in [0.717, 1.165) is 25.1 Å². The summed E-state index contributed by atoms with van der Waals surface area (Å²) >= 11 is 0. The van der Waals surface area contributed by atoms with Crippen LogP contribution in [0, 0.1) is 11.7 Å².